The number of amides is 1. The molecule has 24 heavy (non-hydrogen) atoms. The molecule has 0 radical (unpaired) electrons. The first kappa shape index (κ1) is 16.9. The van der Waals surface area contributed by atoms with Gasteiger partial charge in [0.25, 0.3) is 5.92 Å². The Balaban J connectivity index is 1.73. The van der Waals surface area contributed by atoms with E-state index in [9.17, 15) is 13.6 Å². The van der Waals surface area contributed by atoms with Gasteiger partial charge in [0.2, 0.25) is 5.91 Å². The van der Waals surface area contributed by atoms with Crippen LogP contribution in [0, 0.1) is 0 Å². The van der Waals surface area contributed by atoms with Crippen LogP contribution in [0.5, 0.6) is 0 Å². The maximum absolute atomic E-state index is 14.4. The van der Waals surface area contributed by atoms with Crippen molar-refractivity contribution in [3.63, 3.8) is 0 Å². The minimum atomic E-state index is -3.15. The topological polar surface area (TPSA) is 20.3 Å². The highest BCUT2D eigenvalue weighted by Crippen LogP contribution is 2.34. The fourth-order valence-electron chi connectivity index (χ4n) is 2.92. The van der Waals surface area contributed by atoms with Crippen LogP contribution in [-0.4, -0.2) is 23.9 Å². The number of carbonyl (C=O) groups is 1. The largest absolute Gasteiger partial charge is 0.342 e. The molecule has 1 aliphatic rings. The van der Waals surface area contributed by atoms with E-state index in [0.29, 0.717) is 18.1 Å². The van der Waals surface area contributed by atoms with Crippen molar-refractivity contribution in [2.75, 3.05) is 13.1 Å². The van der Waals surface area contributed by atoms with Gasteiger partial charge in [-0.2, -0.15) is 0 Å². The molecule has 1 heterocycles. The number of likely N-dealkylation sites (tertiary alicyclic amines) is 1. The van der Waals surface area contributed by atoms with Crippen molar-refractivity contribution in [1.82, 2.24) is 4.90 Å². The van der Waals surface area contributed by atoms with E-state index in [1.165, 1.54) is 17.0 Å². The summed E-state index contributed by atoms with van der Waals surface area (Å²) in [6, 6.07) is 13.3. The second-order valence-corrected chi connectivity index (χ2v) is 6.49. The van der Waals surface area contributed by atoms with Gasteiger partial charge in [-0.05, 0) is 36.1 Å². The number of benzene rings is 2. The SMILES string of the molecule is O=C(CC(F)(F)c1ccc(-c2ccc(Cl)cc2)cc1)N1CCCC1. The van der Waals surface area contributed by atoms with Crippen LogP contribution in [0.15, 0.2) is 48.5 Å². The maximum Gasteiger partial charge on any atom is 0.281 e. The fourth-order valence-corrected chi connectivity index (χ4v) is 3.05. The lowest BCUT2D eigenvalue weighted by atomic mass is 10.00. The van der Waals surface area contributed by atoms with E-state index in [0.717, 1.165) is 24.0 Å². The van der Waals surface area contributed by atoms with E-state index < -0.39 is 18.3 Å². The van der Waals surface area contributed by atoms with Gasteiger partial charge in [-0.3, -0.25) is 4.79 Å². The highest BCUT2D eigenvalue weighted by atomic mass is 35.5. The first-order valence-corrected chi connectivity index (χ1v) is 8.35. The lowest BCUT2D eigenvalue weighted by Gasteiger charge is -2.21. The van der Waals surface area contributed by atoms with E-state index in [4.69, 9.17) is 11.6 Å². The van der Waals surface area contributed by atoms with Crippen LogP contribution in [0.4, 0.5) is 8.78 Å². The fraction of sp³-hybridized carbons (Fsp3) is 0.316. The molecule has 2 aromatic carbocycles. The molecule has 1 amide bonds. The summed E-state index contributed by atoms with van der Waals surface area (Å²) in [7, 11) is 0. The zero-order chi connectivity index (χ0) is 17.2. The summed E-state index contributed by atoms with van der Waals surface area (Å²) in [5, 5.41) is 0.627. The molecule has 2 nitrogen and oxygen atoms in total. The van der Waals surface area contributed by atoms with Gasteiger partial charge in [0.15, 0.2) is 0 Å². The summed E-state index contributed by atoms with van der Waals surface area (Å²) in [6.07, 6.45) is 1.02. The predicted molar refractivity (Wildman–Crippen MR) is 91.2 cm³/mol. The van der Waals surface area contributed by atoms with Crippen molar-refractivity contribution in [2.45, 2.75) is 25.2 Å². The Morgan fingerprint density at radius 2 is 1.46 bits per heavy atom. The zero-order valence-corrected chi connectivity index (χ0v) is 13.9. The van der Waals surface area contributed by atoms with Crippen LogP contribution in [0.1, 0.15) is 24.8 Å². The summed E-state index contributed by atoms with van der Waals surface area (Å²) >= 11 is 5.85. The Morgan fingerprint density at radius 3 is 2.00 bits per heavy atom. The van der Waals surface area contributed by atoms with E-state index >= 15 is 0 Å². The lowest BCUT2D eigenvalue weighted by Crippen LogP contribution is -2.32. The number of carbonyl (C=O) groups excluding carboxylic acids is 1. The normalized spacial score (nSPS) is 14.9. The molecule has 0 aromatic heterocycles. The molecule has 1 fully saturated rings. The van der Waals surface area contributed by atoms with Crippen molar-refractivity contribution in [3.8, 4) is 11.1 Å². The second-order valence-electron chi connectivity index (χ2n) is 6.05. The van der Waals surface area contributed by atoms with E-state index in [2.05, 4.69) is 0 Å². The third-order valence-corrected chi connectivity index (χ3v) is 4.57. The molecule has 1 saturated heterocycles. The van der Waals surface area contributed by atoms with E-state index in [1.54, 1.807) is 24.3 Å². The summed E-state index contributed by atoms with van der Waals surface area (Å²) < 4.78 is 28.8. The second kappa shape index (κ2) is 6.89. The monoisotopic (exact) mass is 349 g/mol. The van der Waals surface area contributed by atoms with Gasteiger partial charge in [-0.25, -0.2) is 8.78 Å². The molecule has 126 valence electrons. The summed E-state index contributed by atoms with van der Waals surface area (Å²) in [6.45, 7) is 1.18. The zero-order valence-electron chi connectivity index (χ0n) is 13.1. The number of halogens is 3. The molecule has 3 rings (SSSR count). The minimum Gasteiger partial charge on any atom is -0.342 e. The highest BCUT2D eigenvalue weighted by molar-refractivity contribution is 6.30. The Bertz CT molecular complexity index is 707. The standard InChI is InChI=1S/C19H18ClF2NO/c20-17-9-5-15(6-10-17)14-3-7-16(8-4-14)19(21,22)13-18(24)23-11-1-2-12-23/h3-10H,1-2,11-13H2. The van der Waals surface area contributed by atoms with Crippen LogP contribution in [0.2, 0.25) is 5.02 Å². The summed E-state index contributed by atoms with van der Waals surface area (Å²) in [5.74, 6) is -3.63. The quantitative estimate of drug-likeness (QED) is 0.751. The summed E-state index contributed by atoms with van der Waals surface area (Å²) in [4.78, 5) is 13.5. The van der Waals surface area contributed by atoms with Crippen LogP contribution in [0.3, 0.4) is 0 Å². The first-order valence-electron chi connectivity index (χ1n) is 7.98. The maximum atomic E-state index is 14.4. The number of nitrogens with zero attached hydrogens (tertiary/aromatic N) is 1. The summed E-state index contributed by atoms with van der Waals surface area (Å²) in [5.41, 5.74) is 1.60. The van der Waals surface area contributed by atoms with Crippen LogP contribution in [0.25, 0.3) is 11.1 Å². The first-order chi connectivity index (χ1) is 11.5. The number of hydrogen-bond acceptors (Lipinski definition) is 1. The smallest absolute Gasteiger partial charge is 0.281 e. The predicted octanol–water partition coefficient (Wildman–Crippen LogP) is 5.11. The van der Waals surface area contributed by atoms with E-state index in [-0.39, 0.29) is 5.56 Å². The number of hydrogen-bond donors (Lipinski definition) is 0. The van der Waals surface area contributed by atoms with Crippen molar-refractivity contribution in [3.05, 3.63) is 59.1 Å². The van der Waals surface area contributed by atoms with Gasteiger partial charge in [0.05, 0.1) is 6.42 Å². The third kappa shape index (κ3) is 3.75. The Kier molecular flexibility index (Phi) is 4.86. The minimum absolute atomic E-state index is 0.132. The molecule has 1 aliphatic heterocycles. The Morgan fingerprint density at radius 1 is 0.958 bits per heavy atom. The number of alkyl halides is 2. The molecule has 0 unspecified atom stereocenters. The van der Waals surface area contributed by atoms with Crippen molar-refractivity contribution in [1.29, 1.82) is 0 Å². The molecule has 0 bridgehead atoms. The molecular weight excluding hydrogens is 332 g/mol. The molecule has 0 N–H and O–H groups in total. The third-order valence-electron chi connectivity index (χ3n) is 4.32. The average Bonchev–Trinajstić information content (AvgIpc) is 3.10. The van der Waals surface area contributed by atoms with Crippen molar-refractivity contribution >= 4 is 17.5 Å². The van der Waals surface area contributed by atoms with Gasteiger partial charge in [-0.1, -0.05) is 48.0 Å². The van der Waals surface area contributed by atoms with Crippen LogP contribution < -0.4 is 0 Å². The number of rotatable bonds is 4. The molecular formula is C19H18ClF2NO. The Hall–Kier alpha value is -1.94. The molecule has 0 saturated carbocycles. The highest BCUT2D eigenvalue weighted by Gasteiger charge is 2.36. The van der Waals surface area contributed by atoms with Gasteiger partial charge in [0, 0.05) is 23.7 Å². The van der Waals surface area contributed by atoms with Crippen molar-refractivity contribution < 1.29 is 13.6 Å². The molecule has 5 heteroatoms. The van der Waals surface area contributed by atoms with Gasteiger partial charge < -0.3 is 4.90 Å². The lowest BCUT2D eigenvalue weighted by molar-refractivity contribution is -0.138. The van der Waals surface area contributed by atoms with Gasteiger partial charge in [0.1, 0.15) is 0 Å². The molecule has 0 aliphatic carbocycles. The van der Waals surface area contributed by atoms with E-state index in [1.807, 2.05) is 12.1 Å². The molecule has 0 atom stereocenters. The molecule has 2 aromatic rings. The molecule has 0 spiro atoms. The average molecular weight is 350 g/mol. The van der Waals surface area contributed by atoms with Gasteiger partial charge >= 0.3 is 0 Å². The Labute approximate surface area is 145 Å². The van der Waals surface area contributed by atoms with Crippen LogP contribution >= 0.6 is 11.6 Å². The van der Waals surface area contributed by atoms with Crippen molar-refractivity contribution in [2.24, 2.45) is 0 Å². The van der Waals surface area contributed by atoms with Gasteiger partial charge in [-0.15, -0.1) is 0 Å². The van der Waals surface area contributed by atoms with Crippen LogP contribution in [-0.2, 0) is 10.7 Å².